The van der Waals surface area contributed by atoms with Gasteiger partial charge in [0, 0.05) is 33.5 Å². The van der Waals surface area contributed by atoms with Crippen molar-refractivity contribution >= 4 is 27.9 Å². The average molecular weight is 394 g/mol. The minimum Gasteiger partial charge on any atom is -0.497 e. The predicted molar refractivity (Wildman–Crippen MR) is 107 cm³/mol. The molecule has 0 atom stereocenters. The Balaban J connectivity index is 2.07. The van der Waals surface area contributed by atoms with Crippen molar-refractivity contribution < 1.29 is 28.2 Å². The maximum Gasteiger partial charge on any atom is 0.336 e. The van der Waals surface area contributed by atoms with Crippen molar-refractivity contribution in [2.75, 3.05) is 14.2 Å². The van der Waals surface area contributed by atoms with E-state index in [-0.39, 0.29) is 6.42 Å². The van der Waals surface area contributed by atoms with E-state index < -0.39 is 11.6 Å². The Kier molecular flexibility index (Phi) is 4.50. The molecule has 0 aliphatic rings. The van der Waals surface area contributed by atoms with E-state index in [4.69, 9.17) is 18.3 Å². The topological polar surface area (TPSA) is 99.1 Å². The second-order valence-electron chi connectivity index (χ2n) is 6.63. The summed E-state index contributed by atoms with van der Waals surface area (Å²) in [6.07, 6.45) is 1.31. The smallest absolute Gasteiger partial charge is 0.336 e. The Morgan fingerprint density at radius 1 is 1.03 bits per heavy atom. The summed E-state index contributed by atoms with van der Waals surface area (Å²) >= 11 is 0. The highest BCUT2D eigenvalue weighted by molar-refractivity contribution is 6.05. The van der Waals surface area contributed by atoms with Crippen molar-refractivity contribution in [3.8, 4) is 22.6 Å². The van der Waals surface area contributed by atoms with Crippen molar-refractivity contribution in [2.24, 2.45) is 0 Å². The fourth-order valence-electron chi connectivity index (χ4n) is 3.58. The van der Waals surface area contributed by atoms with Crippen LogP contribution in [-0.4, -0.2) is 25.3 Å². The zero-order valence-corrected chi connectivity index (χ0v) is 16.1. The van der Waals surface area contributed by atoms with E-state index in [2.05, 4.69) is 0 Å². The molecular formula is C22H18O7. The summed E-state index contributed by atoms with van der Waals surface area (Å²) in [5, 5.41) is 10.5. The number of hydrogen-bond donors (Lipinski definition) is 1. The third kappa shape index (κ3) is 3.10. The molecule has 4 aromatic rings. The second-order valence-corrected chi connectivity index (χ2v) is 6.63. The maximum atomic E-state index is 11.9. The summed E-state index contributed by atoms with van der Waals surface area (Å²) in [5.41, 5.74) is 2.80. The van der Waals surface area contributed by atoms with E-state index in [0.29, 0.717) is 39.2 Å². The molecular weight excluding hydrogens is 376 g/mol. The van der Waals surface area contributed by atoms with Crippen LogP contribution in [0.15, 0.2) is 50.2 Å². The van der Waals surface area contributed by atoms with Gasteiger partial charge in [0.15, 0.2) is 0 Å². The number of furan rings is 1. The quantitative estimate of drug-likeness (QED) is 0.507. The third-order valence-corrected chi connectivity index (χ3v) is 4.92. The van der Waals surface area contributed by atoms with Gasteiger partial charge in [-0.3, -0.25) is 4.79 Å². The molecule has 2 aromatic heterocycles. The van der Waals surface area contributed by atoms with Gasteiger partial charge in [-0.25, -0.2) is 4.79 Å². The number of benzene rings is 2. The SMILES string of the molecule is COc1ccc(OC)c(-c2coc3c(C)c4oc(=O)cc(CC(=O)O)c4cc23)c1. The fourth-order valence-corrected chi connectivity index (χ4v) is 3.58. The number of hydrogen-bond acceptors (Lipinski definition) is 6. The van der Waals surface area contributed by atoms with E-state index >= 15 is 0 Å². The predicted octanol–water partition coefficient (Wildman–Crippen LogP) is 4.16. The van der Waals surface area contributed by atoms with Gasteiger partial charge in [-0.05, 0) is 36.8 Å². The maximum absolute atomic E-state index is 11.9. The second kappa shape index (κ2) is 7.01. The first-order valence-electron chi connectivity index (χ1n) is 8.84. The molecule has 7 nitrogen and oxygen atoms in total. The molecule has 4 rings (SSSR count). The molecule has 0 saturated carbocycles. The van der Waals surface area contributed by atoms with Gasteiger partial charge in [0.25, 0.3) is 0 Å². The monoisotopic (exact) mass is 394 g/mol. The standard InChI is InChI=1S/C22H18O7/c1-11-21-16(9-14-12(6-19(23)24)7-20(25)29-22(11)14)17(10-28-21)15-8-13(26-2)4-5-18(15)27-3/h4-5,7-10H,6H2,1-3H3,(H,23,24). The molecule has 0 unspecified atom stereocenters. The summed E-state index contributed by atoms with van der Waals surface area (Å²) in [5.74, 6) is 0.262. The van der Waals surface area contributed by atoms with Gasteiger partial charge in [-0.2, -0.15) is 0 Å². The first kappa shape index (κ1) is 18.6. The van der Waals surface area contributed by atoms with Gasteiger partial charge in [0.2, 0.25) is 0 Å². The zero-order chi connectivity index (χ0) is 20.7. The van der Waals surface area contributed by atoms with Crippen molar-refractivity contribution in [1.29, 1.82) is 0 Å². The number of aryl methyl sites for hydroxylation is 1. The Morgan fingerprint density at radius 3 is 2.52 bits per heavy atom. The molecule has 0 aliphatic heterocycles. The van der Waals surface area contributed by atoms with E-state index in [9.17, 15) is 14.7 Å². The molecule has 0 bridgehead atoms. The highest BCUT2D eigenvalue weighted by Gasteiger charge is 2.20. The van der Waals surface area contributed by atoms with E-state index in [1.165, 1.54) is 6.07 Å². The Hall–Kier alpha value is -3.74. The first-order valence-corrected chi connectivity index (χ1v) is 8.84. The van der Waals surface area contributed by atoms with Gasteiger partial charge >= 0.3 is 11.6 Å². The Morgan fingerprint density at radius 2 is 1.83 bits per heavy atom. The van der Waals surface area contributed by atoms with Crippen LogP contribution in [0.3, 0.4) is 0 Å². The van der Waals surface area contributed by atoms with Crippen molar-refractivity contribution in [2.45, 2.75) is 13.3 Å². The van der Waals surface area contributed by atoms with Gasteiger partial charge in [0.05, 0.1) is 26.9 Å². The molecule has 0 radical (unpaired) electrons. The van der Waals surface area contributed by atoms with Crippen LogP contribution in [0.25, 0.3) is 33.1 Å². The minimum absolute atomic E-state index is 0.289. The van der Waals surface area contributed by atoms with Crippen molar-refractivity contribution in [3.63, 3.8) is 0 Å². The molecule has 2 aromatic carbocycles. The van der Waals surface area contributed by atoms with Crippen LogP contribution in [-0.2, 0) is 11.2 Å². The fraction of sp³-hybridized carbons (Fsp3) is 0.182. The molecule has 0 spiro atoms. The summed E-state index contributed by atoms with van der Waals surface area (Å²) in [6.45, 7) is 1.77. The van der Waals surface area contributed by atoms with E-state index in [0.717, 1.165) is 16.5 Å². The highest BCUT2D eigenvalue weighted by Crippen LogP contribution is 2.41. The molecule has 1 N–H and O–H groups in total. The lowest BCUT2D eigenvalue weighted by Crippen LogP contribution is -2.06. The Labute approximate surface area is 165 Å². The number of carbonyl (C=O) groups is 1. The molecule has 0 fully saturated rings. The lowest BCUT2D eigenvalue weighted by molar-refractivity contribution is -0.136. The summed E-state index contributed by atoms with van der Waals surface area (Å²) in [7, 11) is 3.16. The summed E-state index contributed by atoms with van der Waals surface area (Å²) < 4.78 is 22.0. The number of methoxy groups -OCH3 is 2. The average Bonchev–Trinajstić information content (AvgIpc) is 3.12. The molecule has 0 saturated heterocycles. The number of aliphatic carboxylic acids is 1. The van der Waals surface area contributed by atoms with Gasteiger partial charge in [-0.15, -0.1) is 0 Å². The van der Waals surface area contributed by atoms with Crippen LogP contribution < -0.4 is 15.1 Å². The number of rotatable bonds is 5. The van der Waals surface area contributed by atoms with E-state index in [1.807, 2.05) is 6.07 Å². The molecule has 2 heterocycles. The number of fused-ring (bicyclic) bond motifs is 2. The summed E-state index contributed by atoms with van der Waals surface area (Å²) in [4.78, 5) is 23.2. The number of carboxylic acid groups (broad SMARTS) is 1. The van der Waals surface area contributed by atoms with Crippen molar-refractivity contribution in [3.05, 3.63) is 58.1 Å². The van der Waals surface area contributed by atoms with Crippen LogP contribution in [0.5, 0.6) is 11.5 Å². The highest BCUT2D eigenvalue weighted by atomic mass is 16.5. The molecule has 7 heteroatoms. The first-order chi connectivity index (χ1) is 13.9. The third-order valence-electron chi connectivity index (χ3n) is 4.92. The van der Waals surface area contributed by atoms with Crippen LogP contribution in [0, 0.1) is 6.92 Å². The van der Waals surface area contributed by atoms with Crippen LogP contribution in [0.2, 0.25) is 0 Å². The van der Waals surface area contributed by atoms with Crippen LogP contribution >= 0.6 is 0 Å². The minimum atomic E-state index is -1.03. The van der Waals surface area contributed by atoms with Crippen LogP contribution in [0.1, 0.15) is 11.1 Å². The molecule has 29 heavy (non-hydrogen) atoms. The molecule has 148 valence electrons. The molecule has 0 amide bonds. The normalized spacial score (nSPS) is 11.1. The largest absolute Gasteiger partial charge is 0.497 e. The van der Waals surface area contributed by atoms with Crippen LogP contribution in [0.4, 0.5) is 0 Å². The van der Waals surface area contributed by atoms with Crippen molar-refractivity contribution in [1.82, 2.24) is 0 Å². The molecule has 0 aliphatic carbocycles. The van der Waals surface area contributed by atoms with E-state index in [1.54, 1.807) is 45.6 Å². The lowest BCUT2D eigenvalue weighted by Gasteiger charge is -2.10. The number of ether oxygens (including phenoxy) is 2. The number of carboxylic acids is 1. The lowest BCUT2D eigenvalue weighted by atomic mass is 9.98. The summed E-state index contributed by atoms with van der Waals surface area (Å²) in [6, 6.07) is 8.44. The van der Waals surface area contributed by atoms with Gasteiger partial charge < -0.3 is 23.4 Å². The Bertz CT molecular complexity index is 1310. The zero-order valence-electron chi connectivity index (χ0n) is 16.1. The van der Waals surface area contributed by atoms with Gasteiger partial charge in [-0.1, -0.05) is 0 Å². The van der Waals surface area contributed by atoms with Gasteiger partial charge in [0.1, 0.15) is 22.7 Å².